The molecule has 59 heavy (non-hydrogen) atoms. The number of fused-ring (bicyclic) bond motifs is 3. The molecule has 5 rings (SSSR count). The summed E-state index contributed by atoms with van der Waals surface area (Å²) < 4.78 is 17.5. The summed E-state index contributed by atoms with van der Waals surface area (Å²) in [5.41, 5.74) is 4.97. The highest BCUT2D eigenvalue weighted by atomic mass is 16.7. The molecule has 0 spiro atoms. The van der Waals surface area contributed by atoms with Gasteiger partial charge >= 0.3 is 0 Å². The number of allylic oxidation sites excluding steroid dienone is 6. The lowest BCUT2D eigenvalue weighted by molar-refractivity contribution is -0.245. The van der Waals surface area contributed by atoms with Crippen LogP contribution >= 0.6 is 0 Å². The van der Waals surface area contributed by atoms with E-state index in [4.69, 9.17) is 19.9 Å². The Hall–Kier alpha value is -4.70. The first-order valence-electron chi connectivity index (χ1n) is 20.6. The molecule has 14 heteroatoms. The van der Waals surface area contributed by atoms with Crippen LogP contribution in [0.25, 0.3) is 0 Å². The summed E-state index contributed by atoms with van der Waals surface area (Å²) in [4.78, 5) is 40.8. The quantitative estimate of drug-likeness (QED) is 0.0262. The van der Waals surface area contributed by atoms with Crippen LogP contribution in [0.5, 0.6) is 17.2 Å². The van der Waals surface area contributed by atoms with Crippen molar-refractivity contribution in [2.24, 2.45) is 10.8 Å². The molecule has 14 nitrogen and oxygen atoms in total. The fourth-order valence-corrected chi connectivity index (χ4v) is 7.99. The molecule has 3 aliphatic rings. The summed E-state index contributed by atoms with van der Waals surface area (Å²) >= 11 is 0. The first-order valence-corrected chi connectivity index (χ1v) is 20.6. The molecule has 1 fully saturated rings. The van der Waals surface area contributed by atoms with Gasteiger partial charge in [0.2, 0.25) is 11.7 Å². The van der Waals surface area contributed by atoms with Gasteiger partial charge < -0.3 is 45.5 Å². The van der Waals surface area contributed by atoms with Crippen LogP contribution in [0.4, 0.5) is 0 Å². The Morgan fingerprint density at radius 3 is 2.36 bits per heavy atom. The number of nitrogens with one attached hydrogen (secondary N) is 1. The van der Waals surface area contributed by atoms with E-state index < -0.39 is 95.8 Å². The van der Waals surface area contributed by atoms with E-state index in [0.29, 0.717) is 6.42 Å². The molecule has 2 aliphatic carbocycles. The number of carbonyl (C=O) groups excluding carboxylic acids is 3. The molecule has 0 aromatic heterocycles. The minimum absolute atomic E-state index is 0.0128. The number of aromatic hydroxyl groups is 2. The molecule has 1 aliphatic heterocycles. The van der Waals surface area contributed by atoms with Gasteiger partial charge in [-0.1, -0.05) is 74.8 Å². The highest BCUT2D eigenvalue weighted by Crippen LogP contribution is 2.52. The maximum atomic E-state index is 14.0. The number of phenols is 2. The fraction of sp³-hybridized carbons (Fsp3) is 0.511. The molecule has 1 saturated heterocycles. The van der Waals surface area contributed by atoms with Crippen molar-refractivity contribution >= 4 is 23.2 Å². The van der Waals surface area contributed by atoms with Crippen molar-refractivity contribution in [3.8, 4) is 17.2 Å². The molecular formula is C45H59N3O11. The molecule has 1 heterocycles. The summed E-state index contributed by atoms with van der Waals surface area (Å²) in [6.07, 6.45) is 16.7. The SMILES string of the molecule is CC/C=C\C/C=C\C/C=C\CCCCCCCC(=O)N/N=C(\CO)[C@]1(O)Cc2c(O)c3c(c(O)c2[C@@H](O[C@H]2C[C@H](N)[C@H](O)[C@H](C)O2)C1)C(=O)c1c(OC)cccc1C3=O. The number of ether oxygens (including phenoxy) is 3. The number of methoxy groups -OCH3 is 1. The number of aliphatic hydroxyl groups excluding tert-OH is 2. The van der Waals surface area contributed by atoms with Crippen molar-refractivity contribution in [3.63, 3.8) is 0 Å². The zero-order chi connectivity index (χ0) is 42.7. The molecule has 1 amide bonds. The van der Waals surface area contributed by atoms with Crippen molar-refractivity contribution in [1.29, 1.82) is 0 Å². The van der Waals surface area contributed by atoms with Gasteiger partial charge in [-0.3, -0.25) is 14.4 Å². The number of phenolic OH excluding ortho intramolecular Hbond substituents is 2. The van der Waals surface area contributed by atoms with Gasteiger partial charge in [-0.15, -0.1) is 0 Å². The van der Waals surface area contributed by atoms with Crippen LogP contribution in [0, 0.1) is 0 Å². The molecule has 6 atom stereocenters. The molecule has 0 saturated carbocycles. The number of hydrogen-bond donors (Lipinski definition) is 7. The van der Waals surface area contributed by atoms with Crippen LogP contribution in [-0.4, -0.2) is 92.6 Å². The lowest BCUT2D eigenvalue weighted by Gasteiger charge is -2.43. The van der Waals surface area contributed by atoms with Crippen molar-refractivity contribution in [2.75, 3.05) is 13.7 Å². The van der Waals surface area contributed by atoms with Crippen LogP contribution < -0.4 is 15.9 Å². The largest absolute Gasteiger partial charge is 0.507 e. The van der Waals surface area contributed by atoms with Crippen LogP contribution in [0.2, 0.25) is 0 Å². The number of unbranched alkanes of at least 4 members (excludes halogenated alkanes) is 5. The van der Waals surface area contributed by atoms with Crippen molar-refractivity contribution in [2.45, 2.75) is 134 Å². The first-order chi connectivity index (χ1) is 28.4. The first kappa shape index (κ1) is 45.4. The number of hydrazone groups is 1. The second-order valence-corrected chi connectivity index (χ2v) is 15.4. The lowest BCUT2D eigenvalue weighted by atomic mass is 9.71. The summed E-state index contributed by atoms with van der Waals surface area (Å²) in [6.45, 7) is 2.91. The van der Waals surface area contributed by atoms with E-state index in [1.165, 1.54) is 25.3 Å². The Kier molecular flexibility index (Phi) is 16.2. The van der Waals surface area contributed by atoms with Gasteiger partial charge in [0, 0.05) is 48.4 Å². The van der Waals surface area contributed by atoms with Gasteiger partial charge in [0.05, 0.1) is 54.4 Å². The number of benzene rings is 2. The number of rotatable bonds is 19. The summed E-state index contributed by atoms with van der Waals surface area (Å²) in [5, 5.41) is 60.9. The van der Waals surface area contributed by atoms with E-state index in [9.17, 15) is 39.9 Å². The number of nitrogens with zero attached hydrogens (tertiary/aromatic N) is 1. The number of amides is 1. The smallest absolute Gasteiger partial charge is 0.240 e. The summed E-state index contributed by atoms with van der Waals surface area (Å²) in [5.74, 6) is -3.16. The van der Waals surface area contributed by atoms with Gasteiger partial charge in [0.15, 0.2) is 12.1 Å². The number of nitrogens with two attached hydrogens (primary N) is 1. The monoisotopic (exact) mass is 817 g/mol. The molecular weight excluding hydrogens is 759 g/mol. The van der Waals surface area contributed by atoms with Crippen LogP contribution in [0.3, 0.4) is 0 Å². The molecule has 2 aromatic rings. The van der Waals surface area contributed by atoms with Gasteiger partial charge in [-0.2, -0.15) is 5.10 Å². The van der Waals surface area contributed by atoms with Gasteiger partial charge in [-0.05, 0) is 51.5 Å². The van der Waals surface area contributed by atoms with E-state index in [-0.39, 0.29) is 46.6 Å². The number of aliphatic hydroxyl groups is 3. The number of carbonyl (C=O) groups is 3. The number of ketones is 2. The Morgan fingerprint density at radius 1 is 0.983 bits per heavy atom. The fourth-order valence-electron chi connectivity index (χ4n) is 7.99. The van der Waals surface area contributed by atoms with Crippen LogP contribution in [-0.2, 0) is 20.7 Å². The third kappa shape index (κ3) is 10.6. The minimum Gasteiger partial charge on any atom is -0.507 e. The molecule has 0 bridgehead atoms. The molecule has 0 radical (unpaired) electrons. The average molecular weight is 818 g/mol. The van der Waals surface area contributed by atoms with Crippen molar-refractivity contribution < 1.29 is 54.1 Å². The Balaban J connectivity index is 1.29. The van der Waals surface area contributed by atoms with Crippen LogP contribution in [0.15, 0.2) is 59.8 Å². The Bertz CT molecular complexity index is 1940. The third-order valence-electron chi connectivity index (χ3n) is 11.2. The van der Waals surface area contributed by atoms with Crippen molar-refractivity contribution in [1.82, 2.24) is 5.43 Å². The maximum absolute atomic E-state index is 14.0. The Labute approximate surface area is 345 Å². The predicted octanol–water partition coefficient (Wildman–Crippen LogP) is 5.49. The highest BCUT2D eigenvalue weighted by molar-refractivity contribution is 6.31. The second kappa shape index (κ2) is 21.0. The minimum atomic E-state index is -2.10. The van der Waals surface area contributed by atoms with E-state index in [1.54, 1.807) is 6.92 Å². The van der Waals surface area contributed by atoms with E-state index in [2.05, 4.69) is 53.9 Å². The molecule has 8 N–H and O–H groups in total. The average Bonchev–Trinajstić information content (AvgIpc) is 3.21. The second-order valence-electron chi connectivity index (χ2n) is 15.4. The zero-order valence-corrected chi connectivity index (χ0v) is 34.2. The summed E-state index contributed by atoms with van der Waals surface area (Å²) in [6, 6.07) is 3.68. The van der Waals surface area contributed by atoms with Gasteiger partial charge in [0.25, 0.3) is 0 Å². The predicted molar refractivity (Wildman–Crippen MR) is 222 cm³/mol. The van der Waals surface area contributed by atoms with E-state index >= 15 is 0 Å². The van der Waals surface area contributed by atoms with Crippen molar-refractivity contribution in [3.05, 3.63) is 88.0 Å². The standard InChI is InChI=1S/C45H59N3O11/c1-4-5-6-7-8-9-10-11-12-13-14-15-16-17-18-22-34(50)48-47-33(26-49)45(56)24-29-37(32(25-45)59-35-23-30(46)40(51)27(2)58-35)44(55)39-38(42(29)53)41(52)28-20-19-21-31(57-3)36(28)43(39)54/h5-6,8-9,11-12,19-21,27,30,32,35,40,49,51,53,55-56H,4,7,10,13-18,22-26,46H2,1-3H3,(H,48,50)/b6-5-,9-8-,12-11-,47-33+/t27-,30-,32-,35-,40+,45-/m0/s1. The van der Waals surface area contributed by atoms with Gasteiger partial charge in [-0.25, -0.2) is 5.43 Å². The molecule has 320 valence electrons. The van der Waals surface area contributed by atoms with E-state index in [1.807, 2.05) is 0 Å². The third-order valence-corrected chi connectivity index (χ3v) is 11.2. The summed E-state index contributed by atoms with van der Waals surface area (Å²) in [7, 11) is 1.34. The Morgan fingerprint density at radius 2 is 1.66 bits per heavy atom. The van der Waals surface area contributed by atoms with Crippen LogP contribution in [0.1, 0.15) is 140 Å². The zero-order valence-electron chi connectivity index (χ0n) is 34.2. The lowest BCUT2D eigenvalue weighted by Crippen LogP contribution is -2.53. The molecule has 0 unspecified atom stereocenters. The highest BCUT2D eigenvalue weighted by Gasteiger charge is 2.49. The maximum Gasteiger partial charge on any atom is 0.240 e. The van der Waals surface area contributed by atoms with E-state index in [0.717, 1.165) is 51.4 Å². The topological polar surface area (TPSA) is 230 Å². The molecule has 2 aromatic carbocycles. The number of hydrogen-bond acceptors (Lipinski definition) is 13. The van der Waals surface area contributed by atoms with Gasteiger partial charge in [0.1, 0.15) is 22.8 Å². The normalized spacial score (nSPS) is 24.5.